The minimum atomic E-state index is -4.44. The summed E-state index contributed by atoms with van der Waals surface area (Å²) >= 11 is 0. The van der Waals surface area contributed by atoms with Crippen LogP contribution in [0.2, 0.25) is 0 Å². The van der Waals surface area contributed by atoms with Crippen LogP contribution in [0.15, 0.2) is 23.1 Å². The zero-order valence-electron chi connectivity index (χ0n) is 21.8. The van der Waals surface area contributed by atoms with Crippen molar-refractivity contribution in [1.82, 2.24) is 0 Å². The lowest BCUT2D eigenvalue weighted by Crippen LogP contribution is -2.37. The molecule has 1 aromatic carbocycles. The molecule has 35 heavy (non-hydrogen) atoms. The summed E-state index contributed by atoms with van der Waals surface area (Å²) in [4.78, 5) is 2.68. The van der Waals surface area contributed by atoms with E-state index >= 15 is 0 Å². The van der Waals surface area contributed by atoms with Gasteiger partial charge in [-0.25, -0.2) is 16.8 Å². The molecule has 0 amide bonds. The van der Waals surface area contributed by atoms with Gasteiger partial charge < -0.3 is 5.53 Å². The highest BCUT2D eigenvalue weighted by Crippen LogP contribution is 2.34. The van der Waals surface area contributed by atoms with Gasteiger partial charge in [0.15, 0.2) is 0 Å². The van der Waals surface area contributed by atoms with E-state index in [1.54, 1.807) is 19.1 Å². The van der Waals surface area contributed by atoms with Crippen molar-refractivity contribution in [2.45, 2.75) is 127 Å². The van der Waals surface area contributed by atoms with E-state index in [4.69, 9.17) is 0 Å². The SMILES string of the molecule is CCCCCCCCCCCCC1CCC(S(=O)(=O)C(=[N+]=[N-])S(=O)(=O)c2ccc(C)cc2C)CC1. The Morgan fingerprint density at radius 3 is 1.91 bits per heavy atom. The molecular formula is C27H44N2O4S2. The molecule has 0 atom stereocenters. The maximum absolute atomic E-state index is 13.2. The molecule has 1 saturated carbocycles. The molecule has 1 aliphatic rings. The van der Waals surface area contributed by atoms with Gasteiger partial charge in [-0.3, -0.25) is 0 Å². The van der Waals surface area contributed by atoms with E-state index < -0.39 is 29.3 Å². The largest absolute Gasteiger partial charge is 0.499 e. The molecule has 0 saturated heterocycles. The maximum Gasteiger partial charge on any atom is 0.499 e. The average molecular weight is 525 g/mol. The Kier molecular flexibility index (Phi) is 12.1. The number of sulfone groups is 2. The van der Waals surface area contributed by atoms with Gasteiger partial charge in [0.1, 0.15) is 0 Å². The minimum Gasteiger partial charge on any atom is -0.359 e. The van der Waals surface area contributed by atoms with E-state index in [1.807, 2.05) is 6.92 Å². The predicted molar refractivity (Wildman–Crippen MR) is 143 cm³/mol. The van der Waals surface area contributed by atoms with Crippen LogP contribution in [0.3, 0.4) is 0 Å². The molecule has 0 heterocycles. The zero-order valence-corrected chi connectivity index (χ0v) is 23.5. The zero-order chi connectivity index (χ0) is 25.9. The Balaban J connectivity index is 1.82. The highest BCUT2D eigenvalue weighted by molar-refractivity contribution is 8.31. The smallest absolute Gasteiger partial charge is 0.359 e. The number of unbranched alkanes of at least 4 members (excludes halogenated alkanes) is 9. The fourth-order valence-corrected chi connectivity index (χ4v) is 9.47. The first-order valence-electron chi connectivity index (χ1n) is 13.4. The van der Waals surface area contributed by atoms with Gasteiger partial charge in [0.25, 0.3) is 19.7 Å². The van der Waals surface area contributed by atoms with Gasteiger partial charge in [0.05, 0.1) is 10.1 Å². The van der Waals surface area contributed by atoms with Crippen molar-refractivity contribution in [3.05, 3.63) is 34.9 Å². The fraction of sp³-hybridized carbons (Fsp3) is 0.741. The molecule has 1 fully saturated rings. The summed E-state index contributed by atoms with van der Waals surface area (Å²) in [7, 11) is -8.70. The van der Waals surface area contributed by atoms with Gasteiger partial charge in [-0.15, -0.1) is 4.79 Å². The summed E-state index contributed by atoms with van der Waals surface area (Å²) in [5.74, 6) is 0.487. The van der Waals surface area contributed by atoms with Gasteiger partial charge in [-0.2, -0.15) is 0 Å². The summed E-state index contributed by atoms with van der Waals surface area (Å²) in [5, 5.41) is -0.821. The maximum atomic E-state index is 13.2. The van der Waals surface area contributed by atoms with Crippen LogP contribution in [0.1, 0.15) is 114 Å². The molecule has 0 unspecified atom stereocenters. The number of hydrogen-bond acceptors (Lipinski definition) is 4. The van der Waals surface area contributed by atoms with Crippen molar-refractivity contribution in [2.24, 2.45) is 5.92 Å². The first kappa shape index (κ1) is 29.7. The normalized spacial score (nSPS) is 18.8. The van der Waals surface area contributed by atoms with Crippen LogP contribution in [0.25, 0.3) is 5.53 Å². The van der Waals surface area contributed by atoms with Crippen molar-refractivity contribution < 1.29 is 21.6 Å². The summed E-state index contributed by atoms with van der Waals surface area (Å²) in [6, 6.07) is 4.66. The van der Waals surface area contributed by atoms with E-state index in [9.17, 15) is 22.4 Å². The van der Waals surface area contributed by atoms with E-state index in [0.29, 0.717) is 24.3 Å². The number of aryl methyl sites for hydroxylation is 2. The molecule has 0 aliphatic heterocycles. The standard InChI is InChI=1S/C27H44N2O4S2/c1-4-5-6-7-8-9-10-11-12-13-14-24-16-18-25(19-17-24)34(30,31)27(29-28)35(32,33)26-20-15-22(2)21-23(26)3/h15,20-21,24-25H,4-14,16-19H2,1-3H3. The lowest BCUT2D eigenvalue weighted by atomic mass is 9.85. The topological polar surface area (TPSA) is 105 Å². The highest BCUT2D eigenvalue weighted by Gasteiger charge is 2.48. The van der Waals surface area contributed by atoms with Gasteiger partial charge in [-0.1, -0.05) is 95.2 Å². The summed E-state index contributed by atoms with van der Waals surface area (Å²) in [5.41, 5.74) is 10.8. The van der Waals surface area contributed by atoms with Crippen molar-refractivity contribution >= 4 is 24.1 Å². The highest BCUT2D eigenvalue weighted by atomic mass is 32.3. The lowest BCUT2D eigenvalue weighted by Gasteiger charge is -2.27. The second-order valence-corrected chi connectivity index (χ2v) is 14.5. The van der Waals surface area contributed by atoms with Crippen molar-refractivity contribution in [3.8, 4) is 0 Å². The van der Waals surface area contributed by atoms with E-state index in [0.717, 1.165) is 24.8 Å². The molecule has 0 spiro atoms. The third kappa shape index (κ3) is 8.54. The molecule has 8 heteroatoms. The molecule has 198 valence electrons. The minimum absolute atomic E-state index is 0.130. The number of hydrogen-bond donors (Lipinski definition) is 0. The van der Waals surface area contributed by atoms with Crippen molar-refractivity contribution in [3.63, 3.8) is 0 Å². The van der Waals surface area contributed by atoms with E-state index in [1.165, 1.54) is 70.3 Å². The first-order valence-corrected chi connectivity index (χ1v) is 16.5. The third-order valence-corrected chi connectivity index (χ3v) is 12.2. The van der Waals surface area contributed by atoms with Crippen LogP contribution in [0.5, 0.6) is 0 Å². The van der Waals surface area contributed by atoms with Crippen molar-refractivity contribution in [2.75, 3.05) is 0 Å². The quantitative estimate of drug-likeness (QED) is 0.0915. The molecule has 0 aromatic heterocycles. The second-order valence-electron chi connectivity index (χ2n) is 10.3. The average Bonchev–Trinajstić information content (AvgIpc) is 2.80. The van der Waals surface area contributed by atoms with Crippen LogP contribution in [0, 0.1) is 19.8 Å². The Bertz CT molecular complexity index is 1070. The molecule has 2 rings (SSSR count). The van der Waals surface area contributed by atoms with Gasteiger partial charge in [-0.05, 0) is 57.1 Å². The molecule has 6 nitrogen and oxygen atoms in total. The van der Waals surface area contributed by atoms with Gasteiger partial charge in [0, 0.05) is 0 Å². The predicted octanol–water partition coefficient (Wildman–Crippen LogP) is 6.95. The van der Waals surface area contributed by atoms with E-state index in [2.05, 4.69) is 11.7 Å². The number of benzene rings is 1. The Morgan fingerprint density at radius 1 is 0.857 bits per heavy atom. The third-order valence-electron chi connectivity index (χ3n) is 7.37. The molecule has 0 radical (unpaired) electrons. The number of rotatable bonds is 13. The Labute approximate surface area is 213 Å². The molecule has 1 aromatic rings. The monoisotopic (exact) mass is 524 g/mol. The van der Waals surface area contributed by atoms with Crippen LogP contribution < -0.4 is 0 Å². The van der Waals surface area contributed by atoms with Gasteiger partial charge in [0.2, 0.25) is 0 Å². The number of nitrogens with zero attached hydrogens (tertiary/aromatic N) is 2. The Morgan fingerprint density at radius 2 is 1.40 bits per heavy atom. The fourth-order valence-electron chi connectivity index (χ4n) is 5.25. The summed E-state index contributed by atoms with van der Waals surface area (Å²) in [6.07, 6.45) is 16.4. The van der Waals surface area contributed by atoms with Crippen LogP contribution >= 0.6 is 0 Å². The second kappa shape index (κ2) is 14.3. The first-order chi connectivity index (χ1) is 16.6. The van der Waals surface area contributed by atoms with Crippen LogP contribution in [-0.4, -0.2) is 31.3 Å². The molecule has 0 bridgehead atoms. The van der Waals surface area contributed by atoms with Crippen LogP contribution in [0.4, 0.5) is 0 Å². The Hall–Kier alpha value is -1.50. The molecule has 0 N–H and O–H groups in total. The molecular weight excluding hydrogens is 480 g/mol. The molecule has 1 aliphatic carbocycles. The van der Waals surface area contributed by atoms with Crippen LogP contribution in [-0.2, 0) is 19.7 Å². The van der Waals surface area contributed by atoms with E-state index in [-0.39, 0.29) is 4.90 Å². The van der Waals surface area contributed by atoms with Gasteiger partial charge >= 0.3 is 4.38 Å². The summed E-state index contributed by atoms with van der Waals surface area (Å²) in [6.45, 7) is 5.68. The van der Waals surface area contributed by atoms with Crippen molar-refractivity contribution in [1.29, 1.82) is 0 Å². The lowest BCUT2D eigenvalue weighted by molar-refractivity contribution is 0.00368. The summed E-state index contributed by atoms with van der Waals surface area (Å²) < 4.78 is 51.5.